The Labute approximate surface area is 190 Å². The van der Waals surface area contributed by atoms with Gasteiger partial charge in [-0.15, -0.1) is 0 Å². The van der Waals surface area contributed by atoms with E-state index >= 15 is 0 Å². The molecule has 1 aliphatic heterocycles. The van der Waals surface area contributed by atoms with Crippen molar-refractivity contribution in [2.45, 2.75) is 80.1 Å². The van der Waals surface area contributed by atoms with Gasteiger partial charge in [-0.2, -0.15) is 0 Å². The number of hydrogen-bond donors (Lipinski definition) is 0. The Morgan fingerprint density at radius 1 is 1.13 bits per heavy atom. The molecular formula is C29H42O2. The van der Waals surface area contributed by atoms with Crippen LogP contribution in [0, 0.1) is 11.3 Å². The van der Waals surface area contributed by atoms with Crippen molar-refractivity contribution in [3.05, 3.63) is 83.1 Å². The van der Waals surface area contributed by atoms with E-state index in [1.165, 1.54) is 36.0 Å². The van der Waals surface area contributed by atoms with Gasteiger partial charge in [-0.05, 0) is 64.0 Å². The molecule has 1 heterocycles. The van der Waals surface area contributed by atoms with Crippen molar-refractivity contribution < 1.29 is 9.47 Å². The Balaban J connectivity index is 1.92. The van der Waals surface area contributed by atoms with E-state index in [4.69, 9.17) is 9.47 Å². The summed E-state index contributed by atoms with van der Waals surface area (Å²) in [6.45, 7) is 16.1. The van der Waals surface area contributed by atoms with Gasteiger partial charge in [0.2, 0.25) is 0 Å². The molecule has 1 aliphatic carbocycles. The minimum Gasteiger partial charge on any atom is -0.349 e. The molecule has 0 amide bonds. The molecule has 2 aliphatic rings. The topological polar surface area (TPSA) is 18.5 Å². The molecule has 0 aromatic carbocycles. The van der Waals surface area contributed by atoms with Gasteiger partial charge in [-0.3, -0.25) is 0 Å². The number of rotatable bonds is 8. The van der Waals surface area contributed by atoms with Crippen LogP contribution in [0.15, 0.2) is 83.1 Å². The molecule has 0 radical (unpaired) electrons. The highest BCUT2D eigenvalue weighted by atomic mass is 16.7. The first-order chi connectivity index (χ1) is 14.7. The fourth-order valence-corrected chi connectivity index (χ4v) is 4.18. The van der Waals surface area contributed by atoms with E-state index in [2.05, 4.69) is 96.2 Å². The maximum atomic E-state index is 5.97. The van der Waals surface area contributed by atoms with E-state index in [0.29, 0.717) is 17.9 Å². The molecule has 0 saturated carbocycles. The van der Waals surface area contributed by atoms with Crippen molar-refractivity contribution in [3.8, 4) is 0 Å². The van der Waals surface area contributed by atoms with Crippen LogP contribution in [0.25, 0.3) is 0 Å². The summed E-state index contributed by atoms with van der Waals surface area (Å²) >= 11 is 0. The van der Waals surface area contributed by atoms with Crippen LogP contribution < -0.4 is 0 Å². The lowest BCUT2D eigenvalue weighted by Gasteiger charge is -2.32. The van der Waals surface area contributed by atoms with Gasteiger partial charge in [0.25, 0.3) is 0 Å². The van der Waals surface area contributed by atoms with Gasteiger partial charge in [0.1, 0.15) is 0 Å². The van der Waals surface area contributed by atoms with Crippen molar-refractivity contribution in [2.75, 3.05) is 6.61 Å². The Morgan fingerprint density at radius 3 is 2.55 bits per heavy atom. The Bertz CT molecular complexity index is 799. The van der Waals surface area contributed by atoms with Crippen LogP contribution in [0.5, 0.6) is 0 Å². The first-order valence-corrected chi connectivity index (χ1v) is 11.8. The number of allylic oxidation sites excluding steroid dienone is 11. The average molecular weight is 423 g/mol. The van der Waals surface area contributed by atoms with Crippen LogP contribution in [-0.2, 0) is 9.47 Å². The molecule has 2 heteroatoms. The third kappa shape index (κ3) is 8.27. The minimum atomic E-state index is -0.235. The smallest absolute Gasteiger partial charge is 0.177 e. The van der Waals surface area contributed by atoms with Gasteiger partial charge in [-0.1, -0.05) is 92.2 Å². The third-order valence-electron chi connectivity index (χ3n) is 6.15. The molecule has 0 saturated heterocycles. The predicted molar refractivity (Wildman–Crippen MR) is 134 cm³/mol. The lowest BCUT2D eigenvalue weighted by molar-refractivity contribution is -0.141. The molecule has 2 nitrogen and oxygen atoms in total. The number of hydrogen-bond acceptors (Lipinski definition) is 2. The zero-order chi connectivity index (χ0) is 22.9. The zero-order valence-corrected chi connectivity index (χ0v) is 20.7. The molecular weight excluding hydrogens is 380 g/mol. The Hall–Kier alpha value is -1.90. The second-order valence-electron chi connectivity index (χ2n) is 9.50. The lowest BCUT2D eigenvalue weighted by atomic mass is 9.72. The van der Waals surface area contributed by atoms with E-state index in [1.807, 2.05) is 13.0 Å². The van der Waals surface area contributed by atoms with E-state index in [1.54, 1.807) is 5.57 Å². The van der Waals surface area contributed by atoms with Crippen molar-refractivity contribution in [1.82, 2.24) is 0 Å². The first kappa shape index (κ1) is 25.4. The molecule has 2 rings (SSSR count). The van der Waals surface area contributed by atoms with Crippen LogP contribution in [0.1, 0.15) is 67.7 Å². The molecule has 0 fully saturated rings. The molecule has 170 valence electrons. The average Bonchev–Trinajstić information content (AvgIpc) is 2.69. The summed E-state index contributed by atoms with van der Waals surface area (Å²) in [6.07, 6.45) is 25.1. The van der Waals surface area contributed by atoms with Gasteiger partial charge < -0.3 is 9.47 Å². The van der Waals surface area contributed by atoms with E-state index < -0.39 is 0 Å². The van der Waals surface area contributed by atoms with Gasteiger partial charge in [-0.25, -0.2) is 0 Å². The summed E-state index contributed by atoms with van der Waals surface area (Å²) < 4.78 is 11.5. The fourth-order valence-electron chi connectivity index (χ4n) is 4.18. The SMILES string of the molecule is CCOC1C=CC(C)C(C=CC=C(C)C=CC=C(C)C=CC2=C(C)CCCC2(C)C)O1. The minimum absolute atomic E-state index is 0.0451. The highest BCUT2D eigenvalue weighted by molar-refractivity contribution is 5.37. The van der Waals surface area contributed by atoms with Crippen molar-refractivity contribution in [3.63, 3.8) is 0 Å². The van der Waals surface area contributed by atoms with Crippen LogP contribution in [0.3, 0.4) is 0 Å². The van der Waals surface area contributed by atoms with Gasteiger partial charge in [0.15, 0.2) is 6.29 Å². The standard InChI is InChI=1S/C29H42O2/c1-8-30-28-20-18-25(5)27(31-28)16-10-14-22(2)12-9-13-23(3)17-19-26-24(4)15-11-21-29(26,6)7/h9-10,12-14,16-20,25,27-28H,8,11,15,21H2,1-7H3. The largest absolute Gasteiger partial charge is 0.349 e. The van der Waals surface area contributed by atoms with Crippen molar-refractivity contribution in [2.24, 2.45) is 11.3 Å². The summed E-state index contributed by atoms with van der Waals surface area (Å²) in [5.41, 5.74) is 5.81. The van der Waals surface area contributed by atoms with Crippen LogP contribution >= 0.6 is 0 Å². The maximum absolute atomic E-state index is 5.97. The molecule has 0 bridgehead atoms. The molecule has 31 heavy (non-hydrogen) atoms. The van der Waals surface area contributed by atoms with E-state index in [0.717, 1.165) is 0 Å². The van der Waals surface area contributed by atoms with Crippen molar-refractivity contribution >= 4 is 0 Å². The summed E-state index contributed by atoms with van der Waals surface area (Å²) in [7, 11) is 0. The van der Waals surface area contributed by atoms with Gasteiger partial charge >= 0.3 is 0 Å². The van der Waals surface area contributed by atoms with Crippen LogP contribution in [0.4, 0.5) is 0 Å². The molecule has 3 atom stereocenters. The number of ether oxygens (including phenoxy) is 2. The fraction of sp³-hybridized carbons (Fsp3) is 0.517. The maximum Gasteiger partial charge on any atom is 0.177 e. The Kier molecular flexibility index (Phi) is 9.99. The second kappa shape index (κ2) is 12.2. The van der Waals surface area contributed by atoms with Crippen molar-refractivity contribution in [1.29, 1.82) is 0 Å². The summed E-state index contributed by atoms with van der Waals surface area (Å²) in [4.78, 5) is 0. The predicted octanol–water partition coefficient (Wildman–Crippen LogP) is 8.03. The summed E-state index contributed by atoms with van der Waals surface area (Å²) in [5, 5.41) is 0. The van der Waals surface area contributed by atoms with E-state index in [-0.39, 0.29) is 12.4 Å². The first-order valence-electron chi connectivity index (χ1n) is 11.8. The van der Waals surface area contributed by atoms with Crippen LogP contribution in [-0.4, -0.2) is 19.0 Å². The molecule has 0 aromatic rings. The summed E-state index contributed by atoms with van der Waals surface area (Å²) in [6, 6.07) is 0. The Morgan fingerprint density at radius 2 is 1.84 bits per heavy atom. The highest BCUT2D eigenvalue weighted by Crippen LogP contribution is 2.40. The molecule has 0 N–H and O–H groups in total. The van der Waals surface area contributed by atoms with Gasteiger partial charge in [0, 0.05) is 12.5 Å². The summed E-state index contributed by atoms with van der Waals surface area (Å²) in [5.74, 6) is 0.350. The highest BCUT2D eigenvalue weighted by Gasteiger charge is 2.26. The zero-order valence-electron chi connectivity index (χ0n) is 20.7. The van der Waals surface area contributed by atoms with Gasteiger partial charge in [0.05, 0.1) is 6.10 Å². The molecule has 0 aromatic heterocycles. The second-order valence-corrected chi connectivity index (χ2v) is 9.50. The molecule has 0 spiro atoms. The lowest BCUT2D eigenvalue weighted by Crippen LogP contribution is -2.30. The quantitative estimate of drug-likeness (QED) is 0.291. The normalized spacial score (nSPS) is 27.9. The van der Waals surface area contributed by atoms with E-state index in [9.17, 15) is 0 Å². The monoisotopic (exact) mass is 422 g/mol. The van der Waals surface area contributed by atoms with Crippen LogP contribution in [0.2, 0.25) is 0 Å². The third-order valence-corrected chi connectivity index (χ3v) is 6.15. The molecule has 3 unspecified atom stereocenters.